The van der Waals surface area contributed by atoms with Crippen LogP contribution in [0.1, 0.15) is 18.4 Å². The van der Waals surface area contributed by atoms with Crippen molar-refractivity contribution in [3.63, 3.8) is 0 Å². The Bertz CT molecular complexity index is 1020. The van der Waals surface area contributed by atoms with Crippen molar-refractivity contribution in [1.29, 1.82) is 0 Å². The van der Waals surface area contributed by atoms with E-state index in [-0.39, 0.29) is 36.0 Å². The SMILES string of the molecule is Cc1c(Cl)cccc1S(=O)(=O)N1CCC(S(=O)(=O)c2nccn2C)CC1. The predicted molar refractivity (Wildman–Crippen MR) is 98.4 cm³/mol. The lowest BCUT2D eigenvalue weighted by atomic mass is 10.2. The number of halogens is 1. The summed E-state index contributed by atoms with van der Waals surface area (Å²) in [5.41, 5.74) is 0.497. The van der Waals surface area contributed by atoms with E-state index in [0.717, 1.165) is 0 Å². The third-order valence-corrected chi connectivity index (χ3v) is 9.41. The molecule has 1 aliphatic rings. The molecule has 0 radical (unpaired) electrons. The topological polar surface area (TPSA) is 89.3 Å². The molecule has 1 aromatic carbocycles. The quantitative estimate of drug-likeness (QED) is 0.759. The number of sulfone groups is 1. The molecule has 0 bridgehead atoms. The second-order valence-corrected chi connectivity index (χ2v) is 10.8. The van der Waals surface area contributed by atoms with Crippen LogP contribution in [0.2, 0.25) is 5.02 Å². The molecule has 2 aromatic rings. The maximum absolute atomic E-state index is 12.9. The van der Waals surface area contributed by atoms with E-state index < -0.39 is 25.1 Å². The standard InChI is InChI=1S/C16H20ClN3O4S2/c1-12-14(17)4-3-5-15(12)26(23,24)20-9-6-13(7-10-20)25(21,22)16-18-8-11-19(16)2/h3-5,8,11,13H,6-7,9-10H2,1-2H3. The van der Waals surface area contributed by atoms with Gasteiger partial charge >= 0.3 is 0 Å². The van der Waals surface area contributed by atoms with Crippen molar-refractivity contribution >= 4 is 31.5 Å². The fraction of sp³-hybridized carbons (Fsp3) is 0.438. The second kappa shape index (κ2) is 6.95. The minimum atomic E-state index is -3.71. The van der Waals surface area contributed by atoms with Crippen LogP contribution in [-0.2, 0) is 26.9 Å². The van der Waals surface area contributed by atoms with Gasteiger partial charge in [-0.15, -0.1) is 0 Å². The summed E-state index contributed by atoms with van der Waals surface area (Å²) in [7, 11) is -5.68. The molecular weight excluding hydrogens is 398 g/mol. The molecule has 7 nitrogen and oxygen atoms in total. The van der Waals surface area contributed by atoms with Crippen molar-refractivity contribution in [2.45, 2.75) is 35.1 Å². The minimum Gasteiger partial charge on any atom is -0.325 e. The Morgan fingerprint density at radius 2 is 1.81 bits per heavy atom. The molecule has 0 amide bonds. The molecule has 3 rings (SSSR count). The molecule has 1 saturated heterocycles. The summed E-state index contributed by atoms with van der Waals surface area (Å²) in [6.45, 7) is 1.94. The summed E-state index contributed by atoms with van der Waals surface area (Å²) >= 11 is 6.04. The van der Waals surface area contributed by atoms with Crippen molar-refractivity contribution in [1.82, 2.24) is 13.9 Å². The van der Waals surface area contributed by atoms with Gasteiger partial charge in [-0.05, 0) is 37.5 Å². The Kier molecular flexibility index (Phi) is 5.17. The van der Waals surface area contributed by atoms with Crippen LogP contribution in [0.15, 0.2) is 40.6 Å². The van der Waals surface area contributed by atoms with Crippen molar-refractivity contribution in [2.24, 2.45) is 7.05 Å². The van der Waals surface area contributed by atoms with Crippen molar-refractivity contribution in [3.8, 4) is 0 Å². The second-order valence-electron chi connectivity index (χ2n) is 6.33. The Balaban J connectivity index is 1.80. The highest BCUT2D eigenvalue weighted by Crippen LogP contribution is 2.30. The molecule has 0 N–H and O–H groups in total. The first-order valence-electron chi connectivity index (χ1n) is 8.12. The molecular formula is C16H20ClN3O4S2. The van der Waals surface area contributed by atoms with Crippen LogP contribution in [0.5, 0.6) is 0 Å². The van der Waals surface area contributed by atoms with E-state index in [2.05, 4.69) is 4.98 Å². The van der Waals surface area contributed by atoms with E-state index >= 15 is 0 Å². The smallest absolute Gasteiger partial charge is 0.243 e. The number of aromatic nitrogens is 2. The predicted octanol–water partition coefficient (Wildman–Crippen LogP) is 2.01. The average Bonchev–Trinajstić information content (AvgIpc) is 3.04. The number of sulfonamides is 1. The lowest BCUT2D eigenvalue weighted by molar-refractivity contribution is 0.344. The monoisotopic (exact) mass is 417 g/mol. The maximum Gasteiger partial charge on any atom is 0.243 e. The summed E-state index contributed by atoms with van der Waals surface area (Å²) in [6, 6.07) is 4.76. The highest BCUT2D eigenvalue weighted by molar-refractivity contribution is 7.92. The molecule has 0 aliphatic carbocycles. The number of imidazole rings is 1. The average molecular weight is 418 g/mol. The highest BCUT2D eigenvalue weighted by Gasteiger charge is 2.37. The number of hydrogen-bond acceptors (Lipinski definition) is 5. The van der Waals surface area contributed by atoms with Crippen LogP contribution in [0.3, 0.4) is 0 Å². The maximum atomic E-state index is 12.9. The first-order chi connectivity index (χ1) is 12.2. The summed E-state index contributed by atoms with van der Waals surface area (Å²) in [6.07, 6.45) is 3.48. The molecule has 1 aliphatic heterocycles. The molecule has 0 spiro atoms. The van der Waals surface area contributed by atoms with Gasteiger partial charge in [-0.25, -0.2) is 21.8 Å². The zero-order valence-corrected chi connectivity index (χ0v) is 16.9. The van der Waals surface area contributed by atoms with E-state index in [4.69, 9.17) is 11.6 Å². The van der Waals surface area contributed by atoms with Crippen LogP contribution >= 0.6 is 11.6 Å². The summed E-state index contributed by atoms with van der Waals surface area (Å²) in [4.78, 5) is 4.09. The van der Waals surface area contributed by atoms with Crippen LogP contribution < -0.4 is 0 Å². The van der Waals surface area contributed by atoms with Crippen molar-refractivity contribution in [2.75, 3.05) is 13.1 Å². The molecule has 1 aromatic heterocycles. The minimum absolute atomic E-state index is 0.0180. The van der Waals surface area contributed by atoms with Gasteiger partial charge in [0.2, 0.25) is 25.0 Å². The summed E-state index contributed by atoms with van der Waals surface area (Å²) < 4.78 is 54.0. The summed E-state index contributed by atoms with van der Waals surface area (Å²) in [5, 5.41) is -0.238. The molecule has 2 heterocycles. The largest absolute Gasteiger partial charge is 0.325 e. The molecule has 10 heteroatoms. The number of aryl methyl sites for hydroxylation is 1. The van der Waals surface area contributed by atoms with Gasteiger partial charge in [0.15, 0.2) is 0 Å². The molecule has 26 heavy (non-hydrogen) atoms. The molecule has 0 atom stereocenters. The van der Waals surface area contributed by atoms with E-state index in [9.17, 15) is 16.8 Å². The van der Waals surface area contributed by atoms with Gasteiger partial charge in [0, 0.05) is 37.6 Å². The normalized spacial score (nSPS) is 17.5. The van der Waals surface area contributed by atoms with Gasteiger partial charge in [0.25, 0.3) is 0 Å². The van der Waals surface area contributed by atoms with E-state index in [1.165, 1.54) is 21.1 Å². The van der Waals surface area contributed by atoms with Crippen molar-refractivity contribution < 1.29 is 16.8 Å². The Hall–Kier alpha value is -1.42. The van der Waals surface area contributed by atoms with Crippen LogP contribution in [0, 0.1) is 6.92 Å². The van der Waals surface area contributed by atoms with Gasteiger partial charge < -0.3 is 4.57 Å². The highest BCUT2D eigenvalue weighted by atomic mass is 35.5. The number of nitrogens with zero attached hydrogens (tertiary/aromatic N) is 3. The third kappa shape index (κ3) is 3.28. The van der Waals surface area contributed by atoms with E-state index in [1.807, 2.05) is 0 Å². The first-order valence-corrected chi connectivity index (χ1v) is 11.5. The molecule has 0 unspecified atom stereocenters. The fourth-order valence-electron chi connectivity index (χ4n) is 3.16. The van der Waals surface area contributed by atoms with Gasteiger partial charge in [-0.1, -0.05) is 17.7 Å². The Morgan fingerprint density at radius 3 is 2.38 bits per heavy atom. The Labute approximate surface area is 158 Å². The van der Waals surface area contributed by atoms with E-state index in [1.54, 1.807) is 32.3 Å². The van der Waals surface area contributed by atoms with Crippen LogP contribution in [0.25, 0.3) is 0 Å². The number of hydrogen-bond donors (Lipinski definition) is 0. The fourth-order valence-corrected chi connectivity index (χ4v) is 6.91. The molecule has 0 saturated carbocycles. The lowest BCUT2D eigenvalue weighted by Gasteiger charge is -2.31. The van der Waals surface area contributed by atoms with Gasteiger partial charge in [-0.2, -0.15) is 4.31 Å². The Morgan fingerprint density at radius 1 is 1.15 bits per heavy atom. The lowest BCUT2D eigenvalue weighted by Crippen LogP contribution is -2.43. The zero-order chi connectivity index (χ0) is 19.1. The van der Waals surface area contributed by atoms with Crippen LogP contribution in [-0.4, -0.2) is 49.0 Å². The zero-order valence-electron chi connectivity index (χ0n) is 14.5. The number of rotatable bonds is 4. The van der Waals surface area contributed by atoms with Crippen LogP contribution in [0.4, 0.5) is 0 Å². The van der Waals surface area contributed by atoms with E-state index in [0.29, 0.717) is 10.6 Å². The first kappa shape index (κ1) is 19.3. The number of benzene rings is 1. The third-order valence-electron chi connectivity index (χ3n) is 4.71. The molecule has 1 fully saturated rings. The summed E-state index contributed by atoms with van der Waals surface area (Å²) in [5.74, 6) is 0. The number of piperidine rings is 1. The van der Waals surface area contributed by atoms with Gasteiger partial charge in [0.1, 0.15) is 0 Å². The van der Waals surface area contributed by atoms with Gasteiger partial charge in [-0.3, -0.25) is 0 Å². The molecule has 142 valence electrons. The van der Waals surface area contributed by atoms with Crippen molar-refractivity contribution in [3.05, 3.63) is 41.2 Å². The van der Waals surface area contributed by atoms with Gasteiger partial charge in [0.05, 0.1) is 10.1 Å².